The average molecular weight is 134 g/mol. The van der Waals surface area contributed by atoms with Gasteiger partial charge in [-0.05, 0) is 18.6 Å². The van der Waals surface area contributed by atoms with Gasteiger partial charge in [0.2, 0.25) is 0 Å². The Morgan fingerprint density at radius 2 is 2.00 bits per heavy atom. The highest BCUT2D eigenvalue weighted by Crippen LogP contribution is 2.42. The quantitative estimate of drug-likeness (QED) is 0.613. The molecule has 2 bridgehead atoms. The third-order valence-corrected chi connectivity index (χ3v) is 1.81. The molecule has 0 radical (unpaired) electrons. The van der Waals surface area contributed by atoms with Crippen molar-refractivity contribution in [1.82, 2.24) is 0 Å². The summed E-state index contributed by atoms with van der Waals surface area (Å²) in [6.07, 6.45) is 2.36. The number of hydrogen-bond acceptors (Lipinski definition) is 1. The largest absolute Gasteiger partial charge is 0.457 e. The molecule has 0 aliphatic carbocycles. The minimum atomic E-state index is 1.08. The van der Waals surface area contributed by atoms with Crippen molar-refractivity contribution in [3.8, 4) is 11.5 Å². The Morgan fingerprint density at radius 3 is 2.50 bits per heavy atom. The number of benzene rings is 1. The normalized spacial score (nSPS) is 12.1. The van der Waals surface area contributed by atoms with Gasteiger partial charge in [-0.15, -0.1) is 0 Å². The smallest absolute Gasteiger partial charge is 0.134 e. The zero-order chi connectivity index (χ0) is 6.97. The topological polar surface area (TPSA) is 9.23 Å². The standard InChI is InChI=1S/C9H10O/c1-2-4-7-8-5-3-6-9(7)10-8/h3,5-6H,2,4H2,1H3. The first-order valence-electron chi connectivity index (χ1n) is 3.71. The lowest BCUT2D eigenvalue weighted by Gasteiger charge is -2.22. The Hall–Kier alpha value is -0.980. The summed E-state index contributed by atoms with van der Waals surface area (Å²) in [4.78, 5) is 0. The molecule has 0 aromatic heterocycles. The van der Waals surface area contributed by atoms with Crippen LogP contribution in [0.15, 0.2) is 18.2 Å². The fourth-order valence-corrected chi connectivity index (χ4v) is 1.31. The van der Waals surface area contributed by atoms with Crippen LogP contribution in [0.2, 0.25) is 0 Å². The molecule has 1 nitrogen and oxygen atoms in total. The van der Waals surface area contributed by atoms with Crippen LogP contribution in [0.1, 0.15) is 18.9 Å². The molecule has 0 atom stereocenters. The fourth-order valence-electron chi connectivity index (χ4n) is 1.31. The Bertz CT molecular complexity index is 233. The number of fused-ring (bicyclic) bond motifs is 2. The van der Waals surface area contributed by atoms with Gasteiger partial charge in [-0.2, -0.15) is 0 Å². The van der Waals surface area contributed by atoms with Crippen LogP contribution >= 0.6 is 0 Å². The van der Waals surface area contributed by atoms with Crippen molar-refractivity contribution >= 4 is 0 Å². The molecule has 0 saturated heterocycles. The summed E-state index contributed by atoms with van der Waals surface area (Å²) in [6, 6.07) is 6.09. The first-order valence-corrected chi connectivity index (χ1v) is 3.71. The molecule has 3 rings (SSSR count). The minimum Gasteiger partial charge on any atom is -0.457 e. The Kier molecular flexibility index (Phi) is 1.16. The third kappa shape index (κ3) is 0.635. The number of aryl methyl sites for hydroxylation is 1. The lowest BCUT2D eigenvalue weighted by molar-refractivity contribution is 0.417. The predicted molar refractivity (Wildman–Crippen MR) is 40.5 cm³/mol. The van der Waals surface area contributed by atoms with Crippen LogP contribution in [0, 0.1) is 0 Å². The van der Waals surface area contributed by atoms with Crippen molar-refractivity contribution < 1.29 is 4.74 Å². The zero-order valence-electron chi connectivity index (χ0n) is 6.05. The summed E-state index contributed by atoms with van der Waals surface area (Å²) in [5.41, 5.74) is 1.41. The molecule has 1 aromatic rings. The average Bonchev–Trinajstić information content (AvgIpc) is 2.01. The molecule has 0 saturated carbocycles. The second-order valence-electron chi connectivity index (χ2n) is 2.58. The molecule has 2 heterocycles. The molecule has 1 aromatic carbocycles. The minimum absolute atomic E-state index is 1.08. The van der Waals surface area contributed by atoms with Gasteiger partial charge >= 0.3 is 0 Å². The highest BCUT2D eigenvalue weighted by molar-refractivity contribution is 5.54. The second-order valence-corrected chi connectivity index (χ2v) is 2.58. The molecule has 0 spiro atoms. The van der Waals surface area contributed by atoms with Crippen molar-refractivity contribution in [2.45, 2.75) is 19.8 Å². The number of hydrogen-bond donors (Lipinski definition) is 0. The third-order valence-electron chi connectivity index (χ3n) is 1.81. The monoisotopic (exact) mass is 134 g/mol. The second kappa shape index (κ2) is 2.01. The zero-order valence-corrected chi connectivity index (χ0v) is 6.05. The maximum Gasteiger partial charge on any atom is 0.134 e. The van der Waals surface area contributed by atoms with Gasteiger partial charge in [0, 0.05) is 5.56 Å². The maximum atomic E-state index is 5.29. The van der Waals surface area contributed by atoms with Crippen LogP contribution in [0.25, 0.3) is 0 Å². The molecular formula is C9H10O. The van der Waals surface area contributed by atoms with Gasteiger partial charge in [0.15, 0.2) is 0 Å². The van der Waals surface area contributed by atoms with Gasteiger partial charge in [0.1, 0.15) is 11.5 Å². The summed E-state index contributed by atoms with van der Waals surface area (Å²) < 4.78 is 5.29. The molecule has 2 aliphatic rings. The molecule has 0 unspecified atom stereocenters. The predicted octanol–water partition coefficient (Wildman–Crippen LogP) is 2.74. The van der Waals surface area contributed by atoms with Crippen LogP contribution in [0.5, 0.6) is 11.5 Å². The van der Waals surface area contributed by atoms with Crippen molar-refractivity contribution in [3.63, 3.8) is 0 Å². The van der Waals surface area contributed by atoms with Crippen molar-refractivity contribution in [3.05, 3.63) is 23.8 Å². The van der Waals surface area contributed by atoms with Gasteiger partial charge < -0.3 is 4.74 Å². The van der Waals surface area contributed by atoms with Gasteiger partial charge in [0.05, 0.1) is 0 Å². The van der Waals surface area contributed by atoms with E-state index in [0.29, 0.717) is 0 Å². The molecule has 1 heteroatoms. The van der Waals surface area contributed by atoms with Crippen molar-refractivity contribution in [2.75, 3.05) is 0 Å². The van der Waals surface area contributed by atoms with E-state index in [0.717, 1.165) is 17.9 Å². The van der Waals surface area contributed by atoms with E-state index in [4.69, 9.17) is 4.74 Å². The van der Waals surface area contributed by atoms with Gasteiger partial charge in [0.25, 0.3) is 0 Å². The highest BCUT2D eigenvalue weighted by Gasteiger charge is 2.18. The molecule has 10 heavy (non-hydrogen) atoms. The molecule has 2 aliphatic heterocycles. The molecule has 0 amide bonds. The summed E-state index contributed by atoms with van der Waals surface area (Å²) in [5, 5.41) is 0. The molecule has 0 fully saturated rings. The summed E-state index contributed by atoms with van der Waals surface area (Å²) >= 11 is 0. The van der Waals surface area contributed by atoms with Gasteiger partial charge in [-0.1, -0.05) is 19.4 Å². The van der Waals surface area contributed by atoms with Crippen molar-refractivity contribution in [2.24, 2.45) is 0 Å². The van der Waals surface area contributed by atoms with E-state index in [1.165, 1.54) is 12.0 Å². The van der Waals surface area contributed by atoms with Gasteiger partial charge in [-0.25, -0.2) is 0 Å². The molecule has 0 N–H and O–H groups in total. The number of ether oxygens (including phenoxy) is 1. The molecular weight excluding hydrogens is 124 g/mol. The van der Waals surface area contributed by atoms with E-state index in [2.05, 4.69) is 6.92 Å². The lowest BCUT2D eigenvalue weighted by atomic mass is 10.0. The summed E-state index contributed by atoms with van der Waals surface area (Å²) in [5.74, 6) is 2.17. The van der Waals surface area contributed by atoms with E-state index < -0.39 is 0 Å². The van der Waals surface area contributed by atoms with E-state index in [1.54, 1.807) is 0 Å². The first-order chi connectivity index (χ1) is 4.92. The Labute approximate surface area is 60.6 Å². The van der Waals surface area contributed by atoms with Crippen LogP contribution in [-0.2, 0) is 6.42 Å². The van der Waals surface area contributed by atoms with E-state index in [-0.39, 0.29) is 0 Å². The summed E-state index contributed by atoms with van der Waals surface area (Å²) in [7, 11) is 0. The maximum absolute atomic E-state index is 5.29. The Balaban J connectivity index is 2.32. The lowest BCUT2D eigenvalue weighted by Crippen LogP contribution is -2.03. The van der Waals surface area contributed by atoms with Gasteiger partial charge in [-0.3, -0.25) is 0 Å². The van der Waals surface area contributed by atoms with Crippen LogP contribution in [0.4, 0.5) is 0 Å². The van der Waals surface area contributed by atoms with E-state index in [1.807, 2.05) is 18.2 Å². The van der Waals surface area contributed by atoms with Crippen LogP contribution in [-0.4, -0.2) is 0 Å². The van der Waals surface area contributed by atoms with Crippen molar-refractivity contribution in [1.29, 1.82) is 0 Å². The van der Waals surface area contributed by atoms with E-state index in [9.17, 15) is 0 Å². The molecule has 52 valence electrons. The highest BCUT2D eigenvalue weighted by atomic mass is 16.5. The van der Waals surface area contributed by atoms with Crippen LogP contribution < -0.4 is 4.74 Å². The first kappa shape index (κ1) is 5.78. The van der Waals surface area contributed by atoms with Crippen LogP contribution in [0.3, 0.4) is 0 Å². The fraction of sp³-hybridized carbons (Fsp3) is 0.333. The number of rotatable bonds is 2. The Morgan fingerprint density at radius 1 is 1.30 bits per heavy atom. The SMILES string of the molecule is CCCc1c2cccc1O2. The summed E-state index contributed by atoms with van der Waals surface area (Å²) in [6.45, 7) is 2.19. The van der Waals surface area contributed by atoms with E-state index >= 15 is 0 Å².